The standard InChI is InChI=1S/C21H23ClN2O7S/c1-24(2)32(27,28)15-4-5-17(22)16(12-15)21(26)31-13-20(25)23-8-7-14-3-6-18-19(11-14)30-10-9-29-18/h3-6,11-12H,7-10,13H2,1-2H3,(H,23,25). The fraction of sp³-hybridized carbons (Fsp3) is 0.333. The number of hydrogen-bond acceptors (Lipinski definition) is 7. The molecule has 1 N–H and O–H groups in total. The molecular weight excluding hydrogens is 460 g/mol. The summed E-state index contributed by atoms with van der Waals surface area (Å²) in [6, 6.07) is 9.27. The van der Waals surface area contributed by atoms with Crippen LogP contribution < -0.4 is 14.8 Å². The number of ether oxygens (including phenoxy) is 3. The molecule has 0 fully saturated rings. The van der Waals surface area contributed by atoms with Gasteiger partial charge in [-0.05, 0) is 42.3 Å². The third kappa shape index (κ3) is 5.70. The van der Waals surface area contributed by atoms with Crippen LogP contribution in [0, 0.1) is 0 Å². The Balaban J connectivity index is 1.51. The van der Waals surface area contributed by atoms with Crippen LogP contribution >= 0.6 is 11.6 Å². The fourth-order valence-electron chi connectivity index (χ4n) is 2.88. The van der Waals surface area contributed by atoms with Gasteiger partial charge >= 0.3 is 5.97 Å². The molecule has 11 heteroatoms. The highest BCUT2D eigenvalue weighted by atomic mass is 35.5. The minimum atomic E-state index is -3.75. The van der Waals surface area contributed by atoms with Crippen molar-refractivity contribution >= 4 is 33.5 Å². The third-order valence-electron chi connectivity index (χ3n) is 4.61. The number of benzene rings is 2. The molecule has 1 aliphatic heterocycles. The highest BCUT2D eigenvalue weighted by Gasteiger charge is 2.22. The minimum Gasteiger partial charge on any atom is -0.486 e. The maximum Gasteiger partial charge on any atom is 0.340 e. The number of rotatable bonds is 8. The Morgan fingerprint density at radius 1 is 1.09 bits per heavy atom. The van der Waals surface area contributed by atoms with E-state index in [0.717, 1.165) is 15.9 Å². The van der Waals surface area contributed by atoms with Gasteiger partial charge in [-0.2, -0.15) is 0 Å². The summed E-state index contributed by atoms with van der Waals surface area (Å²) in [4.78, 5) is 24.3. The Labute approximate surface area is 191 Å². The average Bonchev–Trinajstić information content (AvgIpc) is 2.77. The zero-order valence-electron chi connectivity index (χ0n) is 17.6. The quantitative estimate of drug-likeness (QED) is 0.572. The van der Waals surface area contributed by atoms with E-state index in [4.69, 9.17) is 25.8 Å². The van der Waals surface area contributed by atoms with Crippen molar-refractivity contribution in [1.82, 2.24) is 9.62 Å². The van der Waals surface area contributed by atoms with Crippen molar-refractivity contribution in [3.05, 3.63) is 52.5 Å². The number of esters is 1. The lowest BCUT2D eigenvalue weighted by Crippen LogP contribution is -2.30. The summed E-state index contributed by atoms with van der Waals surface area (Å²) in [7, 11) is -1.01. The zero-order chi connectivity index (χ0) is 23.3. The van der Waals surface area contributed by atoms with Gasteiger partial charge in [-0.15, -0.1) is 0 Å². The van der Waals surface area contributed by atoms with Crippen molar-refractivity contribution < 1.29 is 32.2 Å². The Bertz CT molecular complexity index is 1120. The van der Waals surface area contributed by atoms with Gasteiger partial charge in [-0.1, -0.05) is 17.7 Å². The van der Waals surface area contributed by atoms with E-state index in [0.29, 0.717) is 37.7 Å². The number of carbonyl (C=O) groups excluding carboxylic acids is 2. The van der Waals surface area contributed by atoms with E-state index >= 15 is 0 Å². The fourth-order valence-corrected chi connectivity index (χ4v) is 4.00. The summed E-state index contributed by atoms with van der Waals surface area (Å²) in [6.45, 7) is 0.808. The predicted molar refractivity (Wildman–Crippen MR) is 117 cm³/mol. The Morgan fingerprint density at radius 2 is 1.81 bits per heavy atom. The lowest BCUT2D eigenvalue weighted by Gasteiger charge is -2.18. The first-order chi connectivity index (χ1) is 15.2. The summed E-state index contributed by atoms with van der Waals surface area (Å²) in [6.07, 6.45) is 0.548. The molecule has 1 aliphatic rings. The largest absolute Gasteiger partial charge is 0.486 e. The molecule has 1 amide bonds. The van der Waals surface area contributed by atoms with Crippen LogP contribution in [-0.2, 0) is 26.0 Å². The molecule has 0 aliphatic carbocycles. The molecule has 2 aromatic carbocycles. The van der Waals surface area contributed by atoms with E-state index in [1.54, 1.807) is 0 Å². The molecule has 0 unspecified atom stereocenters. The second kappa shape index (κ2) is 10.2. The summed E-state index contributed by atoms with van der Waals surface area (Å²) in [5, 5.41) is 2.68. The number of halogens is 1. The van der Waals surface area contributed by atoms with Gasteiger partial charge in [0.25, 0.3) is 5.91 Å². The lowest BCUT2D eigenvalue weighted by molar-refractivity contribution is -0.124. The van der Waals surface area contributed by atoms with Crippen LogP contribution in [0.3, 0.4) is 0 Å². The molecule has 0 saturated carbocycles. The number of sulfonamides is 1. The van der Waals surface area contributed by atoms with Gasteiger partial charge in [0.15, 0.2) is 18.1 Å². The number of nitrogens with one attached hydrogen (secondary N) is 1. The highest BCUT2D eigenvalue weighted by molar-refractivity contribution is 7.89. The molecule has 3 rings (SSSR count). The maximum atomic E-state index is 12.3. The van der Waals surface area contributed by atoms with E-state index in [1.807, 2.05) is 18.2 Å². The second-order valence-corrected chi connectivity index (χ2v) is 9.64. The SMILES string of the molecule is CN(C)S(=O)(=O)c1ccc(Cl)c(C(=O)OCC(=O)NCCc2ccc3c(c2)OCCO3)c1. The van der Waals surface area contributed by atoms with Gasteiger partial charge in [-0.25, -0.2) is 17.5 Å². The topological polar surface area (TPSA) is 111 Å². The highest BCUT2D eigenvalue weighted by Crippen LogP contribution is 2.30. The average molecular weight is 483 g/mol. The monoisotopic (exact) mass is 482 g/mol. The third-order valence-corrected chi connectivity index (χ3v) is 6.75. The van der Waals surface area contributed by atoms with E-state index in [1.165, 1.54) is 26.2 Å². The smallest absolute Gasteiger partial charge is 0.340 e. The summed E-state index contributed by atoms with van der Waals surface area (Å²) < 4.78 is 41.5. The summed E-state index contributed by atoms with van der Waals surface area (Å²) in [5.41, 5.74) is 0.816. The number of amides is 1. The predicted octanol–water partition coefficient (Wildman–Crippen LogP) is 1.88. The van der Waals surface area contributed by atoms with Crippen LogP contribution in [0.15, 0.2) is 41.3 Å². The molecule has 0 spiro atoms. The van der Waals surface area contributed by atoms with E-state index in [9.17, 15) is 18.0 Å². The van der Waals surface area contributed by atoms with Crippen LogP contribution in [0.25, 0.3) is 0 Å². The van der Waals surface area contributed by atoms with Crippen molar-refractivity contribution in [3.8, 4) is 11.5 Å². The number of fused-ring (bicyclic) bond motifs is 1. The number of nitrogens with zero attached hydrogens (tertiary/aromatic N) is 1. The van der Waals surface area contributed by atoms with E-state index in [-0.39, 0.29) is 15.5 Å². The normalized spacial score (nSPS) is 13.0. The first-order valence-electron chi connectivity index (χ1n) is 9.73. The van der Waals surface area contributed by atoms with Crippen LogP contribution in [0.2, 0.25) is 5.02 Å². The first-order valence-corrected chi connectivity index (χ1v) is 11.5. The van der Waals surface area contributed by atoms with E-state index in [2.05, 4.69) is 5.32 Å². The van der Waals surface area contributed by atoms with Gasteiger partial charge in [0, 0.05) is 20.6 Å². The Kier molecular flexibility index (Phi) is 7.60. The van der Waals surface area contributed by atoms with Crippen LogP contribution in [0.4, 0.5) is 0 Å². The molecule has 9 nitrogen and oxygen atoms in total. The van der Waals surface area contributed by atoms with Crippen LogP contribution in [0.1, 0.15) is 15.9 Å². The zero-order valence-corrected chi connectivity index (χ0v) is 19.2. The Hall–Kier alpha value is -2.82. The van der Waals surface area contributed by atoms with Gasteiger partial charge in [0.05, 0.1) is 15.5 Å². The molecule has 0 bridgehead atoms. The minimum absolute atomic E-state index is 0.0201. The maximum absolute atomic E-state index is 12.3. The van der Waals surface area contributed by atoms with Gasteiger partial charge in [-0.3, -0.25) is 4.79 Å². The van der Waals surface area contributed by atoms with Gasteiger partial charge < -0.3 is 19.5 Å². The van der Waals surface area contributed by atoms with Crippen LogP contribution in [-0.4, -0.2) is 65.1 Å². The summed E-state index contributed by atoms with van der Waals surface area (Å²) >= 11 is 6.01. The first kappa shape index (κ1) is 23.8. The molecule has 0 saturated heterocycles. The molecule has 0 radical (unpaired) electrons. The van der Waals surface area contributed by atoms with Gasteiger partial charge in [0.2, 0.25) is 10.0 Å². The molecule has 172 valence electrons. The molecular formula is C21H23ClN2O7S. The molecule has 1 heterocycles. The van der Waals surface area contributed by atoms with Crippen molar-refractivity contribution in [2.45, 2.75) is 11.3 Å². The van der Waals surface area contributed by atoms with Crippen molar-refractivity contribution in [2.24, 2.45) is 0 Å². The molecule has 2 aromatic rings. The summed E-state index contributed by atoms with van der Waals surface area (Å²) in [5.74, 6) is -0.0293. The molecule has 0 atom stereocenters. The molecule has 0 aromatic heterocycles. The van der Waals surface area contributed by atoms with Crippen molar-refractivity contribution in [1.29, 1.82) is 0 Å². The number of hydrogen-bond donors (Lipinski definition) is 1. The Morgan fingerprint density at radius 3 is 2.53 bits per heavy atom. The lowest BCUT2D eigenvalue weighted by atomic mass is 10.1. The van der Waals surface area contributed by atoms with Crippen molar-refractivity contribution in [3.63, 3.8) is 0 Å². The molecule has 32 heavy (non-hydrogen) atoms. The number of carbonyl (C=O) groups is 2. The van der Waals surface area contributed by atoms with E-state index < -0.39 is 28.5 Å². The van der Waals surface area contributed by atoms with Crippen molar-refractivity contribution in [2.75, 3.05) is 40.5 Å². The van der Waals surface area contributed by atoms with Crippen LogP contribution in [0.5, 0.6) is 11.5 Å². The van der Waals surface area contributed by atoms with Gasteiger partial charge in [0.1, 0.15) is 13.2 Å². The second-order valence-electron chi connectivity index (χ2n) is 7.08.